The maximum absolute atomic E-state index is 12.0. The number of allylic oxidation sites excluding steroid dienone is 1. The van der Waals surface area contributed by atoms with Crippen LogP contribution in [0.25, 0.3) is 5.57 Å². The number of benzene rings is 1. The summed E-state index contributed by atoms with van der Waals surface area (Å²) in [4.78, 5) is 16.1. The predicted octanol–water partition coefficient (Wildman–Crippen LogP) is 1.94. The summed E-state index contributed by atoms with van der Waals surface area (Å²) in [6.45, 7) is 1.89. The van der Waals surface area contributed by atoms with Gasteiger partial charge in [-0.25, -0.2) is 5.10 Å². The van der Waals surface area contributed by atoms with Crippen LogP contribution in [0.15, 0.2) is 35.5 Å². The zero-order chi connectivity index (χ0) is 16.7. The number of H-pyrrole nitrogens is 1. The molecular weight excluding hydrogens is 316 g/mol. The van der Waals surface area contributed by atoms with Gasteiger partial charge in [0.25, 0.3) is 5.91 Å². The van der Waals surface area contributed by atoms with Gasteiger partial charge >= 0.3 is 0 Å². The molecule has 1 heterocycles. The van der Waals surface area contributed by atoms with Crippen LogP contribution in [0.5, 0.6) is 5.75 Å². The smallest absolute Gasteiger partial charge is 0.250 e. The van der Waals surface area contributed by atoms with Crippen LogP contribution in [0.1, 0.15) is 12.5 Å². The van der Waals surface area contributed by atoms with Gasteiger partial charge in [-0.15, -0.1) is 5.10 Å². The van der Waals surface area contributed by atoms with Crippen molar-refractivity contribution in [3.8, 4) is 5.75 Å². The highest BCUT2D eigenvalue weighted by atomic mass is 32.2. The van der Waals surface area contributed by atoms with Crippen LogP contribution in [0.2, 0.25) is 0 Å². The fourth-order valence-corrected chi connectivity index (χ4v) is 2.34. The number of methoxy groups -OCH3 is 1. The van der Waals surface area contributed by atoms with Crippen molar-refractivity contribution in [3.05, 3.63) is 35.9 Å². The molecule has 1 aromatic carbocycles. The predicted molar refractivity (Wildman–Crippen MR) is 89.5 cm³/mol. The first kappa shape index (κ1) is 17.0. The van der Waals surface area contributed by atoms with Crippen molar-refractivity contribution in [1.82, 2.24) is 15.2 Å². The Kier molecular flexibility index (Phi) is 6.19. The second-order valence-corrected chi connectivity index (χ2v) is 5.65. The molecule has 0 aliphatic carbocycles. The average Bonchev–Trinajstić information content (AvgIpc) is 3.00. The minimum atomic E-state index is -0.305. The Balaban J connectivity index is 2.01. The molecule has 0 aliphatic rings. The molecule has 0 atom stereocenters. The molecule has 122 valence electrons. The lowest BCUT2D eigenvalue weighted by atomic mass is 10.1. The summed E-state index contributed by atoms with van der Waals surface area (Å²) < 4.78 is 5.17. The maximum atomic E-state index is 12.0. The number of amides is 1. The van der Waals surface area contributed by atoms with Crippen LogP contribution < -0.4 is 10.1 Å². The van der Waals surface area contributed by atoms with E-state index in [0.29, 0.717) is 10.9 Å². The van der Waals surface area contributed by atoms with E-state index in [1.54, 1.807) is 7.11 Å². The Morgan fingerprint density at radius 2 is 2.35 bits per heavy atom. The van der Waals surface area contributed by atoms with Crippen molar-refractivity contribution in [2.24, 2.45) is 0 Å². The molecule has 0 saturated heterocycles. The molecular formula is C15H18N4O3S. The number of carbonyl (C=O) groups excluding carboxylic acids is 1. The standard InChI is InChI=1S/C15H18N4O3S/c1-10(11-4-3-5-12(9-11)22-2)8-13(21)16-14-17-15(19-18-14)23-7-6-20/h3-5,8-9,20H,6-7H2,1-2H3,(H2,16,17,18,19,21). The summed E-state index contributed by atoms with van der Waals surface area (Å²) in [5.41, 5.74) is 1.70. The summed E-state index contributed by atoms with van der Waals surface area (Å²) in [5, 5.41) is 18.4. The molecule has 3 N–H and O–H groups in total. The van der Waals surface area contributed by atoms with E-state index in [9.17, 15) is 4.79 Å². The number of nitrogens with zero attached hydrogens (tertiary/aromatic N) is 2. The molecule has 8 heteroatoms. The molecule has 0 unspecified atom stereocenters. The highest BCUT2D eigenvalue weighted by Gasteiger charge is 2.07. The molecule has 2 aromatic rings. The van der Waals surface area contributed by atoms with E-state index in [0.717, 1.165) is 16.9 Å². The fourth-order valence-electron chi connectivity index (χ4n) is 1.80. The zero-order valence-electron chi connectivity index (χ0n) is 12.9. The van der Waals surface area contributed by atoms with Gasteiger partial charge in [-0.2, -0.15) is 4.98 Å². The first-order valence-corrected chi connectivity index (χ1v) is 7.90. The number of nitrogens with one attached hydrogen (secondary N) is 2. The molecule has 0 aliphatic heterocycles. The number of hydrogen-bond donors (Lipinski definition) is 3. The third-order valence-electron chi connectivity index (χ3n) is 2.90. The van der Waals surface area contributed by atoms with Crippen LogP contribution >= 0.6 is 11.8 Å². The molecule has 0 radical (unpaired) electrons. The van der Waals surface area contributed by atoms with E-state index >= 15 is 0 Å². The summed E-state index contributed by atoms with van der Waals surface area (Å²) in [5.74, 6) is 1.20. The number of aromatic nitrogens is 3. The highest BCUT2D eigenvalue weighted by Crippen LogP contribution is 2.19. The summed E-state index contributed by atoms with van der Waals surface area (Å²) in [7, 11) is 1.60. The number of ether oxygens (including phenoxy) is 1. The molecule has 0 bridgehead atoms. The van der Waals surface area contributed by atoms with Gasteiger partial charge in [-0.1, -0.05) is 23.9 Å². The van der Waals surface area contributed by atoms with E-state index in [1.807, 2.05) is 31.2 Å². The van der Waals surface area contributed by atoms with Crippen molar-refractivity contribution in [3.63, 3.8) is 0 Å². The van der Waals surface area contributed by atoms with E-state index in [2.05, 4.69) is 20.5 Å². The van der Waals surface area contributed by atoms with E-state index in [1.165, 1.54) is 17.8 Å². The van der Waals surface area contributed by atoms with Crippen LogP contribution in [0, 0.1) is 0 Å². The van der Waals surface area contributed by atoms with E-state index in [4.69, 9.17) is 9.84 Å². The van der Waals surface area contributed by atoms with Crippen molar-refractivity contribution in [2.45, 2.75) is 12.1 Å². The van der Waals surface area contributed by atoms with Gasteiger partial charge in [0.2, 0.25) is 11.1 Å². The lowest BCUT2D eigenvalue weighted by Crippen LogP contribution is -2.09. The van der Waals surface area contributed by atoms with Gasteiger partial charge in [0.15, 0.2) is 0 Å². The van der Waals surface area contributed by atoms with Crippen molar-refractivity contribution in [2.75, 3.05) is 24.8 Å². The number of thioether (sulfide) groups is 1. The fraction of sp³-hybridized carbons (Fsp3) is 0.267. The van der Waals surface area contributed by atoms with E-state index in [-0.39, 0.29) is 18.5 Å². The average molecular weight is 334 g/mol. The molecule has 0 fully saturated rings. The highest BCUT2D eigenvalue weighted by molar-refractivity contribution is 7.99. The summed E-state index contributed by atoms with van der Waals surface area (Å²) >= 11 is 1.30. The topological polar surface area (TPSA) is 100 Å². The quantitative estimate of drug-likeness (QED) is 0.528. The first-order valence-electron chi connectivity index (χ1n) is 6.92. The van der Waals surface area contributed by atoms with E-state index < -0.39 is 0 Å². The Labute approximate surface area is 138 Å². The molecule has 0 spiro atoms. The number of carbonyl (C=O) groups is 1. The molecule has 2 rings (SSSR count). The number of aliphatic hydroxyl groups excluding tert-OH is 1. The number of anilines is 1. The normalized spacial score (nSPS) is 11.3. The van der Waals surface area contributed by atoms with Gasteiger partial charge in [0.05, 0.1) is 13.7 Å². The van der Waals surface area contributed by atoms with Crippen LogP contribution in [0.4, 0.5) is 5.95 Å². The van der Waals surface area contributed by atoms with Gasteiger partial charge in [-0.3, -0.25) is 10.1 Å². The zero-order valence-corrected chi connectivity index (χ0v) is 13.7. The lowest BCUT2D eigenvalue weighted by molar-refractivity contribution is -0.111. The van der Waals surface area contributed by atoms with Crippen LogP contribution in [0.3, 0.4) is 0 Å². The van der Waals surface area contributed by atoms with Crippen molar-refractivity contribution >= 4 is 29.2 Å². The minimum Gasteiger partial charge on any atom is -0.497 e. The number of aromatic amines is 1. The van der Waals surface area contributed by atoms with Crippen molar-refractivity contribution in [1.29, 1.82) is 0 Å². The Bertz CT molecular complexity index is 700. The van der Waals surface area contributed by atoms with Gasteiger partial charge in [-0.05, 0) is 30.2 Å². The molecule has 23 heavy (non-hydrogen) atoms. The SMILES string of the molecule is COc1cccc(C(C)=CC(=O)Nc2nc(SCCO)n[nH]2)c1. The van der Waals surface area contributed by atoms with Crippen LogP contribution in [-0.4, -0.2) is 45.7 Å². The monoisotopic (exact) mass is 334 g/mol. The molecule has 0 saturated carbocycles. The molecule has 1 amide bonds. The number of rotatable bonds is 7. The largest absolute Gasteiger partial charge is 0.497 e. The second-order valence-electron chi connectivity index (χ2n) is 4.59. The third kappa shape index (κ3) is 5.11. The number of aliphatic hydroxyl groups is 1. The minimum absolute atomic E-state index is 0.0450. The lowest BCUT2D eigenvalue weighted by Gasteiger charge is -2.05. The molecule has 7 nitrogen and oxygen atoms in total. The van der Waals surface area contributed by atoms with Gasteiger partial charge < -0.3 is 9.84 Å². The van der Waals surface area contributed by atoms with Gasteiger partial charge in [0.1, 0.15) is 5.75 Å². The maximum Gasteiger partial charge on any atom is 0.250 e. The van der Waals surface area contributed by atoms with Gasteiger partial charge in [0, 0.05) is 11.8 Å². The third-order valence-corrected chi connectivity index (χ3v) is 3.73. The first-order chi connectivity index (χ1) is 11.1. The Hall–Kier alpha value is -2.32. The van der Waals surface area contributed by atoms with Crippen LogP contribution in [-0.2, 0) is 4.79 Å². The Morgan fingerprint density at radius 3 is 3.09 bits per heavy atom. The summed E-state index contributed by atoms with van der Waals surface area (Å²) in [6.07, 6.45) is 1.48. The summed E-state index contributed by atoms with van der Waals surface area (Å²) in [6, 6.07) is 7.47. The second kappa shape index (κ2) is 8.35. The molecule has 1 aromatic heterocycles. The number of hydrogen-bond acceptors (Lipinski definition) is 6. The Morgan fingerprint density at radius 1 is 1.52 bits per heavy atom. The van der Waals surface area contributed by atoms with Crippen molar-refractivity contribution < 1.29 is 14.6 Å².